The number of aromatic amines is 1. The zero-order valence-electron chi connectivity index (χ0n) is 23.0. The number of alkyl halides is 3. The normalized spacial score (nSPS) is 13.6. The van der Waals surface area contributed by atoms with E-state index in [0.717, 1.165) is 19.2 Å². The lowest BCUT2D eigenvalue weighted by atomic mass is 9.80. The molecular weight excluding hydrogens is 557 g/mol. The molecule has 3 atom stereocenters. The van der Waals surface area contributed by atoms with Gasteiger partial charge >= 0.3 is 6.36 Å². The molecule has 0 radical (unpaired) electrons. The van der Waals surface area contributed by atoms with Gasteiger partial charge in [0, 0.05) is 17.5 Å². The molecule has 2 aromatic heterocycles. The molecule has 1 aromatic carbocycles. The summed E-state index contributed by atoms with van der Waals surface area (Å²) in [6.07, 6.45) is -7.15. The lowest BCUT2D eigenvalue weighted by Gasteiger charge is -2.32. The van der Waals surface area contributed by atoms with E-state index in [-0.39, 0.29) is 28.8 Å². The van der Waals surface area contributed by atoms with Gasteiger partial charge in [-0.3, -0.25) is 14.3 Å². The number of hydrogen-bond donors (Lipinski definition) is 4. The van der Waals surface area contributed by atoms with Crippen LogP contribution in [-0.4, -0.2) is 52.0 Å². The van der Waals surface area contributed by atoms with Crippen LogP contribution in [0.1, 0.15) is 74.4 Å². The number of carbonyl (C=O) groups excluding carboxylic acids is 2. The SMILES string of the molecule is CC.CCC(C)C(c1ccc(F)c(F)c1OC)[C@@H](OC(F)(F)F)c1nc2c(C(N)=O)nc(NC(=O)CCO)cc2[nH]1. The first-order valence-corrected chi connectivity index (χ1v) is 12.7. The van der Waals surface area contributed by atoms with Crippen LogP contribution in [0.25, 0.3) is 11.0 Å². The molecule has 0 aliphatic heterocycles. The van der Waals surface area contributed by atoms with Gasteiger partial charge in [0.25, 0.3) is 5.91 Å². The highest BCUT2D eigenvalue weighted by Crippen LogP contribution is 2.47. The van der Waals surface area contributed by atoms with Crippen LogP contribution in [0.3, 0.4) is 0 Å². The highest BCUT2D eigenvalue weighted by atomic mass is 19.4. The molecule has 2 unspecified atom stereocenters. The highest BCUT2D eigenvalue weighted by molar-refractivity contribution is 6.04. The number of aliphatic hydroxyl groups excluding tert-OH is 1. The van der Waals surface area contributed by atoms with Crippen molar-refractivity contribution in [1.82, 2.24) is 15.0 Å². The number of fused-ring (bicyclic) bond motifs is 1. The summed E-state index contributed by atoms with van der Waals surface area (Å²) >= 11 is 0. The minimum absolute atomic E-state index is 0.0240. The maximum atomic E-state index is 14.6. The summed E-state index contributed by atoms with van der Waals surface area (Å²) in [4.78, 5) is 34.7. The van der Waals surface area contributed by atoms with Gasteiger partial charge in [-0.25, -0.2) is 14.4 Å². The van der Waals surface area contributed by atoms with Crippen LogP contribution in [0.15, 0.2) is 18.2 Å². The maximum Gasteiger partial charge on any atom is 0.523 e. The number of anilines is 1. The van der Waals surface area contributed by atoms with E-state index in [0.29, 0.717) is 6.42 Å². The van der Waals surface area contributed by atoms with Crippen molar-refractivity contribution in [3.63, 3.8) is 0 Å². The molecule has 226 valence electrons. The van der Waals surface area contributed by atoms with E-state index in [1.165, 1.54) is 6.07 Å². The zero-order valence-corrected chi connectivity index (χ0v) is 23.0. The molecule has 15 heteroatoms. The zero-order chi connectivity index (χ0) is 31.1. The number of ether oxygens (including phenoxy) is 2. The quantitative estimate of drug-likeness (QED) is 0.227. The molecule has 0 saturated carbocycles. The number of benzene rings is 1. The van der Waals surface area contributed by atoms with E-state index in [9.17, 15) is 31.5 Å². The van der Waals surface area contributed by atoms with E-state index < -0.39 is 71.6 Å². The number of aromatic nitrogens is 3. The second kappa shape index (κ2) is 14.2. The molecular formula is C26H32F5N5O5. The molecule has 0 aliphatic carbocycles. The Hall–Kier alpha value is -3.85. The maximum absolute atomic E-state index is 14.6. The number of rotatable bonds is 11. The third kappa shape index (κ3) is 7.88. The van der Waals surface area contributed by atoms with Crippen molar-refractivity contribution < 1.29 is 46.1 Å². The van der Waals surface area contributed by atoms with Gasteiger partial charge in [0.2, 0.25) is 11.7 Å². The third-order valence-electron chi connectivity index (χ3n) is 6.08. The molecule has 5 N–H and O–H groups in total. The fraction of sp³-hybridized carbons (Fsp3) is 0.462. The number of carbonyl (C=O) groups is 2. The molecule has 10 nitrogen and oxygen atoms in total. The summed E-state index contributed by atoms with van der Waals surface area (Å²) in [6, 6.07) is 3.07. The van der Waals surface area contributed by atoms with Gasteiger partial charge < -0.3 is 25.9 Å². The van der Waals surface area contributed by atoms with Gasteiger partial charge in [0.05, 0.1) is 25.7 Å². The van der Waals surface area contributed by atoms with Crippen molar-refractivity contribution in [2.45, 2.75) is 58.9 Å². The fourth-order valence-electron chi connectivity index (χ4n) is 4.19. The van der Waals surface area contributed by atoms with Crippen LogP contribution in [0.2, 0.25) is 0 Å². The van der Waals surface area contributed by atoms with Crippen LogP contribution in [0.4, 0.5) is 27.8 Å². The monoisotopic (exact) mass is 589 g/mol. The van der Waals surface area contributed by atoms with Crippen LogP contribution < -0.4 is 15.8 Å². The molecule has 3 rings (SSSR count). The lowest BCUT2D eigenvalue weighted by molar-refractivity contribution is -0.349. The first-order chi connectivity index (χ1) is 19.3. The number of amides is 2. The van der Waals surface area contributed by atoms with Crippen molar-refractivity contribution >= 4 is 28.7 Å². The first kappa shape index (κ1) is 33.4. The van der Waals surface area contributed by atoms with Gasteiger partial charge in [-0.15, -0.1) is 13.2 Å². The number of H-pyrrole nitrogens is 1. The predicted octanol–water partition coefficient (Wildman–Crippen LogP) is 5.10. The van der Waals surface area contributed by atoms with Gasteiger partial charge in [-0.1, -0.05) is 40.2 Å². The number of pyridine rings is 1. The van der Waals surface area contributed by atoms with Crippen molar-refractivity contribution in [2.24, 2.45) is 11.7 Å². The molecule has 0 bridgehead atoms. The molecule has 0 spiro atoms. The van der Waals surface area contributed by atoms with Crippen molar-refractivity contribution in [2.75, 3.05) is 19.0 Å². The fourth-order valence-corrected chi connectivity index (χ4v) is 4.19. The minimum Gasteiger partial charge on any atom is -0.493 e. The lowest BCUT2D eigenvalue weighted by Crippen LogP contribution is -2.28. The van der Waals surface area contributed by atoms with Crippen LogP contribution in [0.5, 0.6) is 5.75 Å². The van der Waals surface area contributed by atoms with Gasteiger partial charge in [0.15, 0.2) is 17.3 Å². The second-order valence-electron chi connectivity index (χ2n) is 8.64. The minimum atomic E-state index is -5.20. The third-order valence-corrected chi connectivity index (χ3v) is 6.08. The van der Waals surface area contributed by atoms with Gasteiger partial charge in [-0.2, -0.15) is 4.39 Å². The topological polar surface area (TPSA) is 152 Å². The number of aliphatic hydroxyl groups is 1. The number of nitrogens with one attached hydrogen (secondary N) is 2. The molecule has 2 heterocycles. The van der Waals surface area contributed by atoms with Crippen LogP contribution in [0, 0.1) is 17.6 Å². The Morgan fingerprint density at radius 3 is 2.39 bits per heavy atom. The summed E-state index contributed by atoms with van der Waals surface area (Å²) in [6.45, 7) is 6.81. The van der Waals surface area contributed by atoms with E-state index in [1.807, 2.05) is 13.8 Å². The second-order valence-corrected chi connectivity index (χ2v) is 8.64. The Labute approximate surface area is 232 Å². The Balaban J connectivity index is 0.00000287. The summed E-state index contributed by atoms with van der Waals surface area (Å²) in [7, 11) is 1.05. The number of hydrogen-bond acceptors (Lipinski definition) is 7. The molecule has 0 fully saturated rings. The molecule has 3 aromatic rings. The highest BCUT2D eigenvalue weighted by Gasteiger charge is 2.43. The average molecular weight is 590 g/mol. The number of imidazole rings is 1. The summed E-state index contributed by atoms with van der Waals surface area (Å²) in [5, 5.41) is 11.3. The van der Waals surface area contributed by atoms with Crippen molar-refractivity contribution in [3.05, 3.63) is 46.9 Å². The smallest absolute Gasteiger partial charge is 0.493 e. The largest absolute Gasteiger partial charge is 0.523 e. The van der Waals surface area contributed by atoms with Crippen LogP contribution >= 0.6 is 0 Å². The number of nitrogens with zero attached hydrogens (tertiary/aromatic N) is 2. The number of primary amides is 1. The molecule has 0 saturated heterocycles. The Morgan fingerprint density at radius 1 is 1.20 bits per heavy atom. The summed E-state index contributed by atoms with van der Waals surface area (Å²) in [5.41, 5.74) is 4.59. The van der Waals surface area contributed by atoms with Crippen molar-refractivity contribution in [3.8, 4) is 5.75 Å². The van der Waals surface area contributed by atoms with Crippen molar-refractivity contribution in [1.29, 1.82) is 0 Å². The summed E-state index contributed by atoms with van der Waals surface area (Å²) < 4.78 is 79.2. The molecule has 2 amide bonds. The van der Waals surface area contributed by atoms with E-state index in [4.69, 9.17) is 15.6 Å². The van der Waals surface area contributed by atoms with Crippen LogP contribution in [-0.2, 0) is 9.53 Å². The summed E-state index contributed by atoms with van der Waals surface area (Å²) in [5.74, 6) is -7.50. The number of nitrogens with two attached hydrogens (primary N) is 1. The average Bonchev–Trinajstić information content (AvgIpc) is 3.34. The molecule has 0 aliphatic rings. The standard InChI is InChI=1S/C24H26F5N5O5.C2H6/c1-4-10(2)16(11-5-6-12(25)17(26)20(11)38-3)21(39-24(27,28)29)23-31-13-9-14(32-15(36)7-8-35)33-19(22(30)37)18(13)34-23;1-2/h5-6,9-10,16,21,35H,4,7-8H2,1-3H3,(H2,30,37)(H,31,34)(H,32,33,36);1-2H3/t10?,16?,21-;/m1./s1. The Kier molecular flexibility index (Phi) is 11.5. The Morgan fingerprint density at radius 2 is 1.85 bits per heavy atom. The van der Waals surface area contributed by atoms with E-state index in [1.54, 1.807) is 13.8 Å². The number of halogens is 5. The Bertz CT molecular complexity index is 1360. The number of methoxy groups -OCH3 is 1. The predicted molar refractivity (Wildman–Crippen MR) is 139 cm³/mol. The van der Waals surface area contributed by atoms with Gasteiger partial charge in [-0.05, 0) is 12.0 Å². The molecule has 41 heavy (non-hydrogen) atoms. The van der Waals surface area contributed by atoms with E-state index >= 15 is 0 Å². The van der Waals surface area contributed by atoms with E-state index in [2.05, 4.69) is 25.0 Å². The van der Waals surface area contributed by atoms with Gasteiger partial charge in [0.1, 0.15) is 23.3 Å². The first-order valence-electron chi connectivity index (χ1n) is 12.7.